The van der Waals surface area contributed by atoms with Crippen LogP contribution in [0.25, 0.3) is 0 Å². The number of hydrogen-bond donors (Lipinski definition) is 2. The lowest BCUT2D eigenvalue weighted by molar-refractivity contribution is 0.277. The minimum absolute atomic E-state index is 0.00526. The maximum atomic E-state index is 9.16. The van der Waals surface area contributed by atoms with Crippen molar-refractivity contribution in [2.45, 2.75) is 38.7 Å². The second-order valence-electron chi connectivity index (χ2n) is 4.57. The molecule has 3 nitrogen and oxygen atoms in total. The van der Waals surface area contributed by atoms with Crippen molar-refractivity contribution < 1.29 is 5.11 Å². The van der Waals surface area contributed by atoms with Gasteiger partial charge in [-0.05, 0) is 18.4 Å². The molecule has 2 rings (SSSR count). The summed E-state index contributed by atoms with van der Waals surface area (Å²) in [6.45, 7) is 4.36. The minimum Gasteiger partial charge on any atom is -0.390 e. The first-order valence-electron chi connectivity index (χ1n) is 6.47. The molecule has 1 heterocycles. The average molecular weight is 244 g/mol. The zero-order valence-electron chi connectivity index (χ0n) is 11.0. The van der Waals surface area contributed by atoms with Crippen LogP contribution in [0.5, 0.6) is 0 Å². The van der Waals surface area contributed by atoms with Gasteiger partial charge in [0.25, 0.3) is 0 Å². The SMILES string of the molecule is CCC(CC)(c1ccccc1)c1ncc(CO)[nH]1. The molecule has 3 heteroatoms. The zero-order chi connectivity index (χ0) is 13.0. The van der Waals surface area contributed by atoms with E-state index in [1.165, 1.54) is 5.56 Å². The summed E-state index contributed by atoms with van der Waals surface area (Å²) >= 11 is 0. The number of aromatic nitrogens is 2. The van der Waals surface area contributed by atoms with Crippen molar-refractivity contribution in [3.63, 3.8) is 0 Å². The number of nitrogens with zero attached hydrogens (tertiary/aromatic N) is 1. The fourth-order valence-corrected chi connectivity index (χ4v) is 2.57. The molecule has 2 N–H and O–H groups in total. The molecule has 96 valence electrons. The van der Waals surface area contributed by atoms with E-state index in [9.17, 15) is 0 Å². The number of nitrogens with one attached hydrogen (secondary N) is 1. The Labute approximate surface area is 108 Å². The number of aromatic amines is 1. The van der Waals surface area contributed by atoms with Gasteiger partial charge in [-0.2, -0.15) is 0 Å². The zero-order valence-corrected chi connectivity index (χ0v) is 11.0. The Balaban J connectivity index is 2.50. The standard InChI is InChI=1S/C15H20N2O/c1-3-15(4-2,12-8-6-5-7-9-12)14-16-10-13(11-18)17-14/h5-10,18H,3-4,11H2,1-2H3,(H,16,17). The molecule has 0 atom stereocenters. The largest absolute Gasteiger partial charge is 0.390 e. The highest BCUT2D eigenvalue weighted by atomic mass is 16.3. The Kier molecular flexibility index (Phi) is 3.82. The molecule has 2 aromatic rings. The Morgan fingerprint density at radius 1 is 1.17 bits per heavy atom. The third-order valence-corrected chi connectivity index (χ3v) is 3.79. The predicted molar refractivity (Wildman–Crippen MR) is 72.3 cm³/mol. The lowest BCUT2D eigenvalue weighted by Gasteiger charge is -2.30. The summed E-state index contributed by atoms with van der Waals surface area (Å²) in [5.74, 6) is 0.947. The first kappa shape index (κ1) is 12.8. The van der Waals surface area contributed by atoms with Gasteiger partial charge in [0.1, 0.15) is 5.82 Å². The second-order valence-corrected chi connectivity index (χ2v) is 4.57. The number of aliphatic hydroxyl groups excluding tert-OH is 1. The van der Waals surface area contributed by atoms with Gasteiger partial charge in [0.05, 0.1) is 23.9 Å². The van der Waals surface area contributed by atoms with Crippen LogP contribution < -0.4 is 0 Å². The molecule has 1 aromatic carbocycles. The molecule has 18 heavy (non-hydrogen) atoms. The summed E-state index contributed by atoms with van der Waals surface area (Å²) in [6, 6.07) is 10.4. The van der Waals surface area contributed by atoms with Crippen molar-refractivity contribution in [2.75, 3.05) is 0 Å². The molecule has 0 saturated heterocycles. The third kappa shape index (κ3) is 2.06. The monoisotopic (exact) mass is 244 g/mol. The molecule has 0 radical (unpaired) electrons. The number of benzene rings is 1. The van der Waals surface area contributed by atoms with Crippen molar-refractivity contribution in [2.24, 2.45) is 0 Å². The van der Waals surface area contributed by atoms with Crippen LogP contribution in [0.3, 0.4) is 0 Å². The fourth-order valence-electron chi connectivity index (χ4n) is 2.57. The van der Waals surface area contributed by atoms with E-state index in [1.807, 2.05) is 6.07 Å². The van der Waals surface area contributed by atoms with Crippen molar-refractivity contribution in [1.82, 2.24) is 9.97 Å². The number of rotatable bonds is 5. The van der Waals surface area contributed by atoms with Gasteiger partial charge in [0, 0.05) is 0 Å². The van der Waals surface area contributed by atoms with Gasteiger partial charge in [-0.25, -0.2) is 4.98 Å². The molecule has 1 aromatic heterocycles. The molecule has 0 aliphatic carbocycles. The Morgan fingerprint density at radius 2 is 1.83 bits per heavy atom. The van der Waals surface area contributed by atoms with Crippen molar-refractivity contribution in [3.05, 3.63) is 53.6 Å². The molecule has 0 bridgehead atoms. The first-order valence-corrected chi connectivity index (χ1v) is 6.47. The summed E-state index contributed by atoms with van der Waals surface area (Å²) in [5.41, 5.74) is 1.95. The second kappa shape index (κ2) is 5.36. The minimum atomic E-state index is -0.0886. The molecule has 0 aliphatic rings. The van der Waals surface area contributed by atoms with E-state index in [2.05, 4.69) is 48.1 Å². The van der Waals surface area contributed by atoms with Crippen LogP contribution in [0.15, 0.2) is 36.5 Å². The van der Waals surface area contributed by atoms with Gasteiger partial charge in [-0.1, -0.05) is 44.2 Å². The summed E-state index contributed by atoms with van der Waals surface area (Å²) in [6.07, 6.45) is 3.68. The number of imidazole rings is 1. The van der Waals surface area contributed by atoms with Gasteiger partial charge >= 0.3 is 0 Å². The van der Waals surface area contributed by atoms with Crippen LogP contribution >= 0.6 is 0 Å². The lowest BCUT2D eigenvalue weighted by atomic mass is 9.75. The fraction of sp³-hybridized carbons (Fsp3) is 0.400. The molecule has 0 aliphatic heterocycles. The lowest BCUT2D eigenvalue weighted by Crippen LogP contribution is -2.27. The van der Waals surface area contributed by atoms with Crippen LogP contribution in [-0.4, -0.2) is 15.1 Å². The molecule has 0 amide bonds. The average Bonchev–Trinajstić information content (AvgIpc) is 2.91. The van der Waals surface area contributed by atoms with Gasteiger partial charge in [-0.3, -0.25) is 0 Å². The van der Waals surface area contributed by atoms with E-state index in [0.29, 0.717) is 0 Å². The topological polar surface area (TPSA) is 48.9 Å². The number of aliphatic hydroxyl groups is 1. The smallest absolute Gasteiger partial charge is 0.116 e. The highest BCUT2D eigenvalue weighted by Gasteiger charge is 2.33. The maximum Gasteiger partial charge on any atom is 0.116 e. The number of hydrogen-bond acceptors (Lipinski definition) is 2. The van der Waals surface area contributed by atoms with Gasteiger partial charge in [0.15, 0.2) is 0 Å². The molecule has 0 fully saturated rings. The van der Waals surface area contributed by atoms with E-state index in [1.54, 1.807) is 6.20 Å². The Morgan fingerprint density at radius 3 is 2.33 bits per heavy atom. The van der Waals surface area contributed by atoms with Crippen LogP contribution in [0.1, 0.15) is 43.8 Å². The quantitative estimate of drug-likeness (QED) is 0.849. The summed E-state index contributed by atoms with van der Waals surface area (Å²) in [7, 11) is 0. The summed E-state index contributed by atoms with van der Waals surface area (Å²) in [4.78, 5) is 7.71. The predicted octanol–water partition coefficient (Wildman–Crippen LogP) is 3.01. The van der Waals surface area contributed by atoms with E-state index in [4.69, 9.17) is 5.11 Å². The molecular weight excluding hydrogens is 224 g/mol. The van der Waals surface area contributed by atoms with Crippen LogP contribution in [0.2, 0.25) is 0 Å². The maximum absolute atomic E-state index is 9.16. The van der Waals surface area contributed by atoms with Gasteiger partial charge in [0.2, 0.25) is 0 Å². The highest BCUT2D eigenvalue weighted by Crippen LogP contribution is 2.36. The van der Waals surface area contributed by atoms with E-state index in [-0.39, 0.29) is 12.0 Å². The highest BCUT2D eigenvalue weighted by molar-refractivity contribution is 5.33. The van der Waals surface area contributed by atoms with Crippen LogP contribution in [0, 0.1) is 0 Å². The molecule has 0 spiro atoms. The summed E-state index contributed by atoms with van der Waals surface area (Å²) in [5, 5.41) is 9.16. The van der Waals surface area contributed by atoms with E-state index in [0.717, 1.165) is 24.4 Å². The first-order chi connectivity index (χ1) is 8.76. The van der Waals surface area contributed by atoms with E-state index >= 15 is 0 Å². The van der Waals surface area contributed by atoms with Crippen molar-refractivity contribution in [1.29, 1.82) is 0 Å². The van der Waals surface area contributed by atoms with Crippen LogP contribution in [0.4, 0.5) is 0 Å². The molecule has 0 unspecified atom stereocenters. The van der Waals surface area contributed by atoms with Gasteiger partial charge < -0.3 is 10.1 Å². The van der Waals surface area contributed by atoms with Gasteiger partial charge in [-0.15, -0.1) is 0 Å². The summed E-state index contributed by atoms with van der Waals surface area (Å²) < 4.78 is 0. The van der Waals surface area contributed by atoms with E-state index < -0.39 is 0 Å². The molecular formula is C15H20N2O. The third-order valence-electron chi connectivity index (χ3n) is 3.79. The Bertz CT molecular complexity index is 486. The Hall–Kier alpha value is -1.61. The molecule has 0 saturated carbocycles. The normalized spacial score (nSPS) is 11.7. The van der Waals surface area contributed by atoms with Crippen molar-refractivity contribution in [3.8, 4) is 0 Å². The van der Waals surface area contributed by atoms with Crippen molar-refractivity contribution >= 4 is 0 Å². The van der Waals surface area contributed by atoms with Crippen LogP contribution in [-0.2, 0) is 12.0 Å². The number of H-pyrrole nitrogens is 1.